The van der Waals surface area contributed by atoms with Crippen LogP contribution in [-0.4, -0.2) is 9.13 Å². The van der Waals surface area contributed by atoms with Crippen LogP contribution in [0.4, 0.5) is 0 Å². The Labute approximate surface area is 217 Å². The van der Waals surface area contributed by atoms with Crippen molar-refractivity contribution >= 4 is 54.4 Å². The van der Waals surface area contributed by atoms with Crippen molar-refractivity contribution in [3.05, 3.63) is 131 Å². The van der Waals surface area contributed by atoms with E-state index in [4.69, 9.17) is 4.42 Å². The molecule has 3 aromatic heterocycles. The van der Waals surface area contributed by atoms with Crippen molar-refractivity contribution in [3.63, 3.8) is 0 Å². The summed E-state index contributed by atoms with van der Waals surface area (Å²) in [5, 5.41) is 6.39. The van der Waals surface area contributed by atoms with E-state index < -0.39 is 0 Å². The molecule has 0 radical (unpaired) electrons. The summed E-state index contributed by atoms with van der Waals surface area (Å²) >= 11 is 0. The van der Waals surface area contributed by atoms with Gasteiger partial charge in [-0.25, -0.2) is 4.79 Å². The van der Waals surface area contributed by atoms with Gasteiger partial charge >= 0.3 is 5.63 Å². The average molecular weight is 491 g/mol. The molecule has 4 heteroatoms. The largest absolute Gasteiger partial charge is 0.431 e. The predicted molar refractivity (Wildman–Crippen MR) is 156 cm³/mol. The Hall–Kier alpha value is -5.09. The molecule has 0 N–H and O–H groups in total. The molecule has 38 heavy (non-hydrogen) atoms. The van der Waals surface area contributed by atoms with Gasteiger partial charge in [-0.3, -0.25) is 0 Å². The van der Waals surface area contributed by atoms with Crippen LogP contribution in [0.2, 0.25) is 0 Å². The molecule has 0 aliphatic rings. The summed E-state index contributed by atoms with van der Waals surface area (Å²) in [4.78, 5) is 12.3. The lowest BCUT2D eigenvalue weighted by Gasteiger charge is -2.11. The number of benzene rings is 5. The molecule has 0 amide bonds. The normalized spacial score (nSPS) is 11.9. The molecule has 0 saturated carbocycles. The van der Waals surface area contributed by atoms with Crippen LogP contribution in [0.15, 0.2) is 125 Å². The molecule has 0 aliphatic carbocycles. The van der Waals surface area contributed by atoms with E-state index in [1.807, 2.05) is 19.1 Å². The molecule has 0 unspecified atom stereocenters. The number of aryl methyl sites for hydroxylation is 1. The van der Waals surface area contributed by atoms with Crippen LogP contribution in [0.3, 0.4) is 0 Å². The van der Waals surface area contributed by atoms with Crippen molar-refractivity contribution in [2.24, 2.45) is 0 Å². The number of hydrogen-bond donors (Lipinski definition) is 0. The van der Waals surface area contributed by atoms with Crippen molar-refractivity contribution < 1.29 is 4.42 Å². The van der Waals surface area contributed by atoms with Gasteiger partial charge in [0, 0.05) is 32.9 Å². The second-order valence-electron chi connectivity index (χ2n) is 9.86. The Bertz CT molecular complexity index is 2230. The number of hydrogen-bond acceptors (Lipinski definition) is 2. The maximum Gasteiger partial charge on any atom is 0.343 e. The molecule has 0 bridgehead atoms. The first-order chi connectivity index (χ1) is 18.7. The molecule has 0 atom stereocenters. The minimum absolute atomic E-state index is 0.310. The van der Waals surface area contributed by atoms with Gasteiger partial charge < -0.3 is 13.6 Å². The summed E-state index contributed by atoms with van der Waals surface area (Å²) in [5.74, 6) is 0. The fraction of sp³-hybridized carbons (Fsp3) is 0.0294. The van der Waals surface area contributed by atoms with E-state index in [1.54, 1.807) is 6.26 Å². The summed E-state index contributed by atoms with van der Waals surface area (Å²) in [5.41, 5.74) is 7.41. The molecule has 4 nitrogen and oxygen atoms in total. The first-order valence-corrected chi connectivity index (χ1v) is 12.7. The maximum absolute atomic E-state index is 12.3. The molecular formula is C34H22N2O2. The molecule has 8 aromatic rings. The third kappa shape index (κ3) is 2.83. The fourth-order valence-corrected chi connectivity index (χ4v) is 6.02. The molecular weight excluding hydrogens is 468 g/mol. The molecule has 0 fully saturated rings. The fourth-order valence-electron chi connectivity index (χ4n) is 6.02. The van der Waals surface area contributed by atoms with Crippen LogP contribution < -0.4 is 5.63 Å². The molecule has 180 valence electrons. The van der Waals surface area contributed by atoms with Crippen LogP contribution in [0.5, 0.6) is 0 Å². The Kier molecular flexibility index (Phi) is 4.27. The van der Waals surface area contributed by atoms with Crippen molar-refractivity contribution in [2.75, 3.05) is 0 Å². The van der Waals surface area contributed by atoms with Gasteiger partial charge in [0.1, 0.15) is 0 Å². The SMILES string of the molecule is Cc1coc(=O)c2ccc(-n3c4ccccc4c4cc(-n5c6ccccc6c6ccccc65)ccc43)cc12. The first kappa shape index (κ1) is 21.0. The molecule has 0 spiro atoms. The number of rotatable bonds is 2. The molecule has 0 saturated heterocycles. The highest BCUT2D eigenvalue weighted by atomic mass is 16.4. The van der Waals surface area contributed by atoms with E-state index in [-0.39, 0.29) is 5.63 Å². The number of aromatic nitrogens is 2. The Morgan fingerprint density at radius 3 is 1.58 bits per heavy atom. The third-order valence-corrected chi connectivity index (χ3v) is 7.74. The van der Waals surface area contributed by atoms with E-state index >= 15 is 0 Å². The summed E-state index contributed by atoms with van der Waals surface area (Å²) in [7, 11) is 0. The van der Waals surface area contributed by atoms with E-state index in [0.29, 0.717) is 5.39 Å². The highest BCUT2D eigenvalue weighted by molar-refractivity contribution is 6.12. The van der Waals surface area contributed by atoms with Crippen molar-refractivity contribution in [3.8, 4) is 11.4 Å². The molecule has 8 rings (SSSR count). The third-order valence-electron chi connectivity index (χ3n) is 7.74. The summed E-state index contributed by atoms with van der Waals surface area (Å²) < 4.78 is 9.83. The smallest absolute Gasteiger partial charge is 0.343 e. The van der Waals surface area contributed by atoms with Gasteiger partial charge in [0.25, 0.3) is 0 Å². The monoisotopic (exact) mass is 490 g/mol. The van der Waals surface area contributed by atoms with Gasteiger partial charge in [-0.15, -0.1) is 0 Å². The van der Waals surface area contributed by atoms with Gasteiger partial charge in [-0.2, -0.15) is 0 Å². The molecule has 0 aliphatic heterocycles. The van der Waals surface area contributed by atoms with Gasteiger partial charge in [0.2, 0.25) is 0 Å². The quantitative estimate of drug-likeness (QED) is 0.245. The predicted octanol–water partition coefficient (Wildman–Crippen LogP) is 8.30. The van der Waals surface area contributed by atoms with Gasteiger partial charge in [0.05, 0.1) is 33.7 Å². The average Bonchev–Trinajstić information content (AvgIpc) is 3.47. The molecule has 5 aromatic carbocycles. The number of fused-ring (bicyclic) bond motifs is 7. The van der Waals surface area contributed by atoms with Crippen LogP contribution in [0.1, 0.15) is 5.56 Å². The Morgan fingerprint density at radius 1 is 0.500 bits per heavy atom. The summed E-state index contributed by atoms with van der Waals surface area (Å²) in [6.07, 6.45) is 1.54. The van der Waals surface area contributed by atoms with E-state index in [9.17, 15) is 4.79 Å². The number of para-hydroxylation sites is 3. The van der Waals surface area contributed by atoms with Crippen molar-refractivity contribution in [2.45, 2.75) is 6.92 Å². The number of nitrogens with zero attached hydrogens (tertiary/aromatic N) is 2. The van der Waals surface area contributed by atoms with E-state index in [1.165, 1.54) is 32.6 Å². The van der Waals surface area contributed by atoms with Gasteiger partial charge in [0.15, 0.2) is 0 Å². The Morgan fingerprint density at radius 2 is 0.974 bits per heavy atom. The minimum Gasteiger partial charge on any atom is -0.431 e. The summed E-state index contributed by atoms with van der Waals surface area (Å²) in [6.45, 7) is 1.97. The Balaban J connectivity index is 1.44. The topological polar surface area (TPSA) is 40.1 Å². The zero-order valence-corrected chi connectivity index (χ0v) is 20.7. The second kappa shape index (κ2) is 7.70. The van der Waals surface area contributed by atoms with Crippen LogP contribution in [0, 0.1) is 6.92 Å². The molecule has 3 heterocycles. The lowest BCUT2D eigenvalue weighted by atomic mass is 10.1. The summed E-state index contributed by atoms with van der Waals surface area (Å²) in [6, 6.07) is 38.4. The van der Waals surface area contributed by atoms with Crippen molar-refractivity contribution in [1.82, 2.24) is 9.13 Å². The lowest BCUT2D eigenvalue weighted by molar-refractivity contribution is 0.516. The van der Waals surface area contributed by atoms with Crippen LogP contribution >= 0.6 is 0 Å². The second-order valence-corrected chi connectivity index (χ2v) is 9.86. The highest BCUT2D eigenvalue weighted by Crippen LogP contribution is 2.37. The van der Waals surface area contributed by atoms with Crippen LogP contribution in [-0.2, 0) is 0 Å². The minimum atomic E-state index is -0.310. The lowest BCUT2D eigenvalue weighted by Crippen LogP contribution is -2.01. The maximum atomic E-state index is 12.3. The standard InChI is InChI=1S/C34H22N2O2/c1-21-20-38-34(37)27-16-14-22(18-28(21)27)36-32-13-7-4-10-26(32)29-19-23(15-17-33(29)36)35-30-11-5-2-8-24(30)25-9-3-6-12-31(25)35/h2-20H,1H3. The first-order valence-electron chi connectivity index (χ1n) is 12.7. The zero-order valence-electron chi connectivity index (χ0n) is 20.7. The van der Waals surface area contributed by atoms with Crippen LogP contribution in [0.25, 0.3) is 65.8 Å². The highest BCUT2D eigenvalue weighted by Gasteiger charge is 2.16. The van der Waals surface area contributed by atoms with Crippen molar-refractivity contribution in [1.29, 1.82) is 0 Å². The van der Waals surface area contributed by atoms with Gasteiger partial charge in [-0.1, -0.05) is 54.6 Å². The van der Waals surface area contributed by atoms with Gasteiger partial charge in [-0.05, 0) is 72.5 Å². The zero-order chi connectivity index (χ0) is 25.4. The van der Waals surface area contributed by atoms with E-state index in [0.717, 1.165) is 33.4 Å². The van der Waals surface area contributed by atoms with E-state index in [2.05, 4.69) is 106 Å².